The normalized spacial score (nSPS) is 16.5. The standard InChI is InChI=1S/C14H19NO2/c1-17-14(16)15-13-9-7-12(8-10-13)11-5-3-2-4-6-11/h7-11H,2-6H2,1H3,(H,15,16). The van der Waals surface area contributed by atoms with E-state index in [2.05, 4.69) is 22.2 Å². The summed E-state index contributed by atoms with van der Waals surface area (Å²) in [6.07, 6.45) is 6.22. The molecular formula is C14H19NO2. The molecule has 0 spiro atoms. The first-order valence-corrected chi connectivity index (χ1v) is 6.24. The van der Waals surface area contributed by atoms with Gasteiger partial charge in [0.1, 0.15) is 0 Å². The van der Waals surface area contributed by atoms with Gasteiger partial charge in [0.15, 0.2) is 0 Å². The number of rotatable bonds is 2. The van der Waals surface area contributed by atoms with Gasteiger partial charge in [-0.2, -0.15) is 0 Å². The van der Waals surface area contributed by atoms with Gasteiger partial charge in [-0.1, -0.05) is 31.4 Å². The summed E-state index contributed by atoms with van der Waals surface area (Å²) in [7, 11) is 1.37. The van der Waals surface area contributed by atoms with Crippen LogP contribution in [0, 0.1) is 0 Å². The van der Waals surface area contributed by atoms with Crippen molar-refractivity contribution in [2.24, 2.45) is 0 Å². The lowest BCUT2D eigenvalue weighted by Crippen LogP contribution is -2.11. The molecule has 0 aromatic heterocycles. The molecule has 2 rings (SSSR count). The van der Waals surface area contributed by atoms with E-state index in [0.717, 1.165) is 5.69 Å². The quantitative estimate of drug-likeness (QED) is 0.841. The molecule has 3 heteroatoms. The van der Waals surface area contributed by atoms with Crippen LogP contribution in [0.5, 0.6) is 0 Å². The minimum absolute atomic E-state index is 0.421. The minimum Gasteiger partial charge on any atom is -0.453 e. The number of hydrogen-bond donors (Lipinski definition) is 1. The smallest absolute Gasteiger partial charge is 0.411 e. The number of hydrogen-bond acceptors (Lipinski definition) is 2. The number of carbonyl (C=O) groups is 1. The Balaban J connectivity index is 1.99. The molecule has 0 unspecified atom stereocenters. The predicted molar refractivity (Wildman–Crippen MR) is 68.3 cm³/mol. The Bertz CT molecular complexity index is 366. The summed E-state index contributed by atoms with van der Waals surface area (Å²) < 4.78 is 4.55. The Morgan fingerprint density at radius 1 is 1.18 bits per heavy atom. The molecule has 0 atom stereocenters. The van der Waals surface area contributed by atoms with Gasteiger partial charge in [-0.05, 0) is 36.5 Å². The summed E-state index contributed by atoms with van der Waals surface area (Å²) in [5, 5.41) is 2.66. The van der Waals surface area contributed by atoms with E-state index in [9.17, 15) is 4.79 Å². The molecule has 0 saturated heterocycles. The average Bonchev–Trinajstić information content (AvgIpc) is 2.40. The van der Waals surface area contributed by atoms with E-state index in [-0.39, 0.29) is 0 Å². The maximum absolute atomic E-state index is 11.0. The molecule has 0 heterocycles. The molecule has 1 fully saturated rings. The predicted octanol–water partition coefficient (Wildman–Crippen LogP) is 3.91. The van der Waals surface area contributed by atoms with Gasteiger partial charge in [0.05, 0.1) is 7.11 Å². The van der Waals surface area contributed by atoms with Crippen LogP contribution in [-0.2, 0) is 4.74 Å². The minimum atomic E-state index is -0.421. The first-order valence-electron chi connectivity index (χ1n) is 6.24. The summed E-state index contributed by atoms with van der Waals surface area (Å²) in [5.74, 6) is 0.705. The molecule has 1 N–H and O–H groups in total. The van der Waals surface area contributed by atoms with E-state index in [4.69, 9.17) is 0 Å². The second-order valence-electron chi connectivity index (χ2n) is 4.57. The topological polar surface area (TPSA) is 38.3 Å². The van der Waals surface area contributed by atoms with Crippen molar-refractivity contribution in [3.63, 3.8) is 0 Å². The number of methoxy groups -OCH3 is 1. The number of ether oxygens (including phenoxy) is 1. The van der Waals surface area contributed by atoms with Gasteiger partial charge in [0, 0.05) is 5.69 Å². The van der Waals surface area contributed by atoms with Crippen LogP contribution in [0.2, 0.25) is 0 Å². The second kappa shape index (κ2) is 5.71. The van der Waals surface area contributed by atoms with E-state index < -0.39 is 6.09 Å². The van der Waals surface area contributed by atoms with Gasteiger partial charge < -0.3 is 4.74 Å². The van der Waals surface area contributed by atoms with Crippen molar-refractivity contribution in [1.29, 1.82) is 0 Å². The molecule has 3 nitrogen and oxygen atoms in total. The zero-order valence-electron chi connectivity index (χ0n) is 10.2. The van der Waals surface area contributed by atoms with Gasteiger partial charge in [-0.3, -0.25) is 5.32 Å². The monoisotopic (exact) mass is 233 g/mol. The number of anilines is 1. The van der Waals surface area contributed by atoms with E-state index in [1.807, 2.05) is 12.1 Å². The molecule has 0 radical (unpaired) electrons. The van der Waals surface area contributed by atoms with E-state index in [1.54, 1.807) is 0 Å². The Labute approximate surface area is 102 Å². The summed E-state index contributed by atoms with van der Waals surface area (Å²) in [4.78, 5) is 11.0. The molecule has 1 saturated carbocycles. The van der Waals surface area contributed by atoms with Crippen molar-refractivity contribution in [3.05, 3.63) is 29.8 Å². The molecule has 1 aliphatic carbocycles. The van der Waals surface area contributed by atoms with Gasteiger partial charge in [-0.15, -0.1) is 0 Å². The van der Waals surface area contributed by atoms with Crippen LogP contribution < -0.4 is 5.32 Å². The lowest BCUT2D eigenvalue weighted by atomic mass is 9.84. The number of benzene rings is 1. The number of amides is 1. The maximum Gasteiger partial charge on any atom is 0.411 e. The van der Waals surface area contributed by atoms with Crippen LogP contribution in [0.3, 0.4) is 0 Å². The van der Waals surface area contributed by atoms with Crippen LogP contribution in [0.15, 0.2) is 24.3 Å². The molecule has 1 aromatic carbocycles. The molecular weight excluding hydrogens is 214 g/mol. The highest BCUT2D eigenvalue weighted by molar-refractivity contribution is 5.84. The largest absolute Gasteiger partial charge is 0.453 e. The van der Waals surface area contributed by atoms with Crippen molar-refractivity contribution in [1.82, 2.24) is 0 Å². The van der Waals surface area contributed by atoms with E-state index in [1.165, 1.54) is 44.8 Å². The molecule has 0 aliphatic heterocycles. The SMILES string of the molecule is COC(=O)Nc1ccc(C2CCCCC2)cc1. The summed E-state index contributed by atoms with van der Waals surface area (Å²) in [6.45, 7) is 0. The van der Waals surface area contributed by atoms with Crippen LogP contribution in [0.4, 0.5) is 10.5 Å². The Kier molecular flexibility index (Phi) is 4.02. The molecule has 1 amide bonds. The van der Waals surface area contributed by atoms with Crippen LogP contribution in [0.25, 0.3) is 0 Å². The van der Waals surface area contributed by atoms with Crippen LogP contribution in [0.1, 0.15) is 43.6 Å². The lowest BCUT2D eigenvalue weighted by Gasteiger charge is -2.22. The highest BCUT2D eigenvalue weighted by atomic mass is 16.5. The Hall–Kier alpha value is -1.51. The van der Waals surface area contributed by atoms with Crippen LogP contribution >= 0.6 is 0 Å². The average molecular weight is 233 g/mol. The number of carbonyl (C=O) groups excluding carboxylic acids is 1. The van der Waals surface area contributed by atoms with Crippen molar-refractivity contribution < 1.29 is 9.53 Å². The zero-order chi connectivity index (χ0) is 12.1. The molecule has 1 aliphatic rings. The Morgan fingerprint density at radius 2 is 1.82 bits per heavy atom. The summed E-state index contributed by atoms with van der Waals surface area (Å²) in [5.41, 5.74) is 2.18. The summed E-state index contributed by atoms with van der Waals surface area (Å²) >= 11 is 0. The Morgan fingerprint density at radius 3 is 2.41 bits per heavy atom. The first-order chi connectivity index (χ1) is 8.29. The lowest BCUT2D eigenvalue weighted by molar-refractivity contribution is 0.187. The highest BCUT2D eigenvalue weighted by Gasteiger charge is 2.15. The third-order valence-electron chi connectivity index (χ3n) is 3.42. The molecule has 17 heavy (non-hydrogen) atoms. The van der Waals surface area contributed by atoms with Gasteiger partial charge in [0.2, 0.25) is 0 Å². The second-order valence-corrected chi connectivity index (χ2v) is 4.57. The fourth-order valence-corrected chi connectivity index (χ4v) is 2.44. The van der Waals surface area contributed by atoms with Gasteiger partial charge in [0.25, 0.3) is 0 Å². The summed E-state index contributed by atoms with van der Waals surface area (Å²) in [6, 6.07) is 8.12. The van der Waals surface area contributed by atoms with Gasteiger partial charge in [-0.25, -0.2) is 4.79 Å². The van der Waals surface area contributed by atoms with Gasteiger partial charge >= 0.3 is 6.09 Å². The maximum atomic E-state index is 11.0. The fourth-order valence-electron chi connectivity index (χ4n) is 2.44. The third-order valence-corrected chi connectivity index (χ3v) is 3.42. The molecule has 92 valence electrons. The highest BCUT2D eigenvalue weighted by Crippen LogP contribution is 2.32. The van der Waals surface area contributed by atoms with Crippen LogP contribution in [-0.4, -0.2) is 13.2 Å². The third kappa shape index (κ3) is 3.22. The fraction of sp³-hybridized carbons (Fsp3) is 0.500. The van der Waals surface area contributed by atoms with E-state index in [0.29, 0.717) is 5.92 Å². The number of nitrogens with one attached hydrogen (secondary N) is 1. The van der Waals surface area contributed by atoms with Crippen molar-refractivity contribution in [2.45, 2.75) is 38.0 Å². The first kappa shape index (κ1) is 12.0. The molecule has 0 bridgehead atoms. The zero-order valence-corrected chi connectivity index (χ0v) is 10.2. The van der Waals surface area contributed by atoms with Crippen molar-refractivity contribution in [3.8, 4) is 0 Å². The van der Waals surface area contributed by atoms with Crippen molar-refractivity contribution >= 4 is 11.8 Å². The van der Waals surface area contributed by atoms with Crippen molar-refractivity contribution in [2.75, 3.05) is 12.4 Å². The van der Waals surface area contributed by atoms with E-state index >= 15 is 0 Å². The molecule has 1 aromatic rings.